The van der Waals surface area contributed by atoms with E-state index in [1.165, 1.54) is 225 Å². The Kier molecular flexibility index (Phi) is 58.0. The Morgan fingerprint density at radius 1 is 0.400 bits per heavy atom. The summed E-state index contributed by atoms with van der Waals surface area (Å²) in [7, 11) is 0. The van der Waals surface area contributed by atoms with Crippen LogP contribution >= 0.6 is 0 Å². The van der Waals surface area contributed by atoms with Gasteiger partial charge in [-0.25, -0.2) is 0 Å². The van der Waals surface area contributed by atoms with E-state index < -0.39 is 12.1 Å². The fourth-order valence-electron chi connectivity index (χ4n) is 9.63. The zero-order valence-corrected chi connectivity index (χ0v) is 47.0. The van der Waals surface area contributed by atoms with E-state index in [2.05, 4.69) is 55.6 Å². The number of aliphatic hydroxyl groups is 2. The second kappa shape index (κ2) is 59.6. The van der Waals surface area contributed by atoms with Crippen LogP contribution in [0, 0.1) is 0 Å². The van der Waals surface area contributed by atoms with E-state index in [4.69, 9.17) is 4.74 Å². The molecule has 1 amide bonds. The summed E-state index contributed by atoms with van der Waals surface area (Å²) >= 11 is 0. The van der Waals surface area contributed by atoms with E-state index in [1.54, 1.807) is 0 Å². The molecule has 0 aliphatic carbocycles. The highest BCUT2D eigenvalue weighted by Gasteiger charge is 2.20. The Hall–Kier alpha value is -1.92. The van der Waals surface area contributed by atoms with Crippen molar-refractivity contribution >= 4 is 11.9 Å². The van der Waals surface area contributed by atoms with Crippen molar-refractivity contribution in [3.63, 3.8) is 0 Å². The molecule has 0 aromatic carbocycles. The van der Waals surface area contributed by atoms with Crippen LogP contribution in [0.3, 0.4) is 0 Å². The van der Waals surface area contributed by atoms with Gasteiger partial charge in [-0.05, 0) is 83.5 Å². The summed E-state index contributed by atoms with van der Waals surface area (Å²) in [6, 6.07) is -0.560. The zero-order chi connectivity index (χ0) is 50.7. The lowest BCUT2D eigenvalue weighted by Crippen LogP contribution is -2.45. The van der Waals surface area contributed by atoms with Gasteiger partial charge in [0, 0.05) is 12.8 Å². The maximum absolute atomic E-state index is 12.5. The lowest BCUT2D eigenvalue weighted by molar-refractivity contribution is -0.143. The van der Waals surface area contributed by atoms with E-state index in [1.807, 2.05) is 0 Å². The van der Waals surface area contributed by atoms with E-state index in [-0.39, 0.29) is 18.5 Å². The van der Waals surface area contributed by atoms with E-state index >= 15 is 0 Å². The van der Waals surface area contributed by atoms with E-state index in [0.29, 0.717) is 25.9 Å². The minimum Gasteiger partial charge on any atom is -0.466 e. The predicted octanol–water partition coefficient (Wildman–Crippen LogP) is 19.6. The van der Waals surface area contributed by atoms with Crippen molar-refractivity contribution in [3.05, 3.63) is 36.5 Å². The number of amides is 1. The molecule has 412 valence electrons. The molecule has 0 rings (SSSR count). The van der Waals surface area contributed by atoms with Crippen LogP contribution in [-0.2, 0) is 14.3 Å². The molecule has 6 heteroatoms. The third-order valence-electron chi connectivity index (χ3n) is 14.4. The number of esters is 1. The van der Waals surface area contributed by atoms with Crippen LogP contribution in [0.15, 0.2) is 36.5 Å². The summed E-state index contributed by atoms with van der Waals surface area (Å²) in [5, 5.41) is 23.4. The highest BCUT2D eigenvalue weighted by Crippen LogP contribution is 2.18. The topological polar surface area (TPSA) is 95.9 Å². The molecule has 0 heterocycles. The smallest absolute Gasteiger partial charge is 0.305 e. The van der Waals surface area contributed by atoms with E-state index in [0.717, 1.165) is 77.0 Å². The van der Waals surface area contributed by atoms with Crippen LogP contribution in [0.5, 0.6) is 0 Å². The molecule has 70 heavy (non-hydrogen) atoms. The number of hydrogen-bond acceptors (Lipinski definition) is 5. The van der Waals surface area contributed by atoms with Crippen LogP contribution in [0.4, 0.5) is 0 Å². The normalized spacial score (nSPS) is 12.8. The predicted molar refractivity (Wildman–Crippen MR) is 306 cm³/mol. The summed E-state index contributed by atoms with van der Waals surface area (Å²) in [5.74, 6) is -0.0845. The van der Waals surface area contributed by atoms with Gasteiger partial charge in [0.15, 0.2) is 0 Å². The molecular formula is C64H121NO5. The summed E-state index contributed by atoms with van der Waals surface area (Å²) in [4.78, 5) is 24.5. The highest BCUT2D eigenvalue weighted by molar-refractivity contribution is 5.76. The molecule has 0 aromatic heterocycles. The van der Waals surface area contributed by atoms with Crippen LogP contribution in [0.25, 0.3) is 0 Å². The Morgan fingerprint density at radius 2 is 0.714 bits per heavy atom. The number of allylic oxidation sites excluding steroid dienone is 6. The number of carbonyl (C=O) groups excluding carboxylic acids is 2. The Morgan fingerprint density at radius 3 is 1.10 bits per heavy atom. The van der Waals surface area contributed by atoms with Crippen molar-refractivity contribution in [3.8, 4) is 0 Å². The number of rotatable bonds is 58. The lowest BCUT2D eigenvalue weighted by atomic mass is 10.0. The van der Waals surface area contributed by atoms with Crippen LogP contribution in [0.2, 0.25) is 0 Å². The van der Waals surface area contributed by atoms with Gasteiger partial charge in [0.1, 0.15) is 0 Å². The van der Waals surface area contributed by atoms with Crippen LogP contribution < -0.4 is 5.32 Å². The average Bonchev–Trinajstić information content (AvgIpc) is 3.36. The average molecular weight is 985 g/mol. The molecule has 0 aromatic rings. The van der Waals surface area contributed by atoms with Gasteiger partial charge >= 0.3 is 5.97 Å². The maximum atomic E-state index is 12.5. The second-order valence-corrected chi connectivity index (χ2v) is 21.4. The summed E-state index contributed by atoms with van der Waals surface area (Å²) in [6.45, 7) is 4.90. The molecule has 3 N–H and O–H groups in total. The molecule has 0 saturated heterocycles. The third kappa shape index (κ3) is 55.4. The Balaban J connectivity index is 3.50. The molecule has 0 fully saturated rings. The molecule has 0 aliphatic rings. The van der Waals surface area contributed by atoms with Gasteiger partial charge < -0.3 is 20.3 Å². The maximum Gasteiger partial charge on any atom is 0.305 e. The fraction of sp³-hybridized carbons (Fsp3) is 0.875. The van der Waals surface area contributed by atoms with E-state index in [9.17, 15) is 19.8 Å². The number of aliphatic hydroxyl groups excluding tert-OH is 2. The SMILES string of the molecule is CCCCCCC/C=C\CCCCCCCC(=O)OCCCCC/C=C\C=C/CCCCCCCCC(=O)NC(CO)C(O)CCCCCCCCCCCCCCCCCCCCCCCCCC. The third-order valence-corrected chi connectivity index (χ3v) is 14.4. The Labute approximate surface area is 436 Å². The molecule has 0 bridgehead atoms. The van der Waals surface area contributed by atoms with Gasteiger partial charge in [-0.3, -0.25) is 9.59 Å². The monoisotopic (exact) mass is 984 g/mol. The number of unbranched alkanes of at least 4 members (excludes halogenated alkanes) is 42. The summed E-state index contributed by atoms with van der Waals surface area (Å²) < 4.78 is 5.44. The quantitative estimate of drug-likeness (QED) is 0.0244. The first-order chi connectivity index (χ1) is 34.5. The largest absolute Gasteiger partial charge is 0.466 e. The first kappa shape index (κ1) is 68.1. The first-order valence-corrected chi connectivity index (χ1v) is 31.3. The molecule has 0 radical (unpaired) electrons. The molecule has 0 saturated carbocycles. The molecule has 0 spiro atoms. The number of nitrogens with one attached hydrogen (secondary N) is 1. The zero-order valence-electron chi connectivity index (χ0n) is 47.0. The van der Waals surface area contributed by atoms with Crippen molar-refractivity contribution in [2.24, 2.45) is 0 Å². The van der Waals surface area contributed by atoms with Crippen molar-refractivity contribution in [2.45, 2.75) is 347 Å². The van der Waals surface area contributed by atoms with Gasteiger partial charge in [-0.1, -0.05) is 275 Å². The molecule has 0 aliphatic heterocycles. The fourth-order valence-corrected chi connectivity index (χ4v) is 9.63. The van der Waals surface area contributed by atoms with Crippen molar-refractivity contribution in [1.29, 1.82) is 0 Å². The number of hydrogen-bond donors (Lipinski definition) is 3. The first-order valence-electron chi connectivity index (χ1n) is 31.3. The number of carbonyl (C=O) groups is 2. The van der Waals surface area contributed by atoms with Gasteiger partial charge in [0.2, 0.25) is 5.91 Å². The molecule has 6 nitrogen and oxygen atoms in total. The minimum atomic E-state index is -0.681. The lowest BCUT2D eigenvalue weighted by Gasteiger charge is -2.22. The highest BCUT2D eigenvalue weighted by atomic mass is 16.5. The van der Waals surface area contributed by atoms with Crippen molar-refractivity contribution in [2.75, 3.05) is 13.2 Å². The minimum absolute atomic E-state index is 0.0297. The molecular weight excluding hydrogens is 863 g/mol. The summed E-state index contributed by atoms with van der Waals surface area (Å²) in [6.07, 6.45) is 74.4. The second-order valence-electron chi connectivity index (χ2n) is 21.4. The van der Waals surface area contributed by atoms with Gasteiger partial charge in [0.05, 0.1) is 25.4 Å². The van der Waals surface area contributed by atoms with Crippen molar-refractivity contribution in [1.82, 2.24) is 5.32 Å². The number of ether oxygens (including phenoxy) is 1. The van der Waals surface area contributed by atoms with Crippen molar-refractivity contribution < 1.29 is 24.5 Å². The van der Waals surface area contributed by atoms with Gasteiger partial charge in [-0.2, -0.15) is 0 Å². The summed E-state index contributed by atoms with van der Waals surface area (Å²) in [5.41, 5.74) is 0. The standard InChI is InChI=1S/C64H121NO5/c1-3-5-7-9-11-13-15-17-19-20-21-22-23-24-25-26-27-29-32-36-40-44-48-52-56-62(67)61(60-66)65-63(68)57-53-49-45-41-37-33-30-28-31-35-39-43-47-51-55-59-70-64(69)58-54-50-46-42-38-34-18-16-14-12-10-8-6-4-2/h16,18,28,31,35,39,61-62,66-67H,3-15,17,19-27,29-30,32-34,36-38,40-60H2,1-2H3,(H,65,68)/b18-16-,31-28-,39-35-. The van der Waals surface area contributed by atoms with Crippen LogP contribution in [-0.4, -0.2) is 47.4 Å². The Bertz CT molecular complexity index is 1130. The van der Waals surface area contributed by atoms with Crippen LogP contribution in [0.1, 0.15) is 335 Å². The molecule has 2 unspecified atom stereocenters. The van der Waals surface area contributed by atoms with Gasteiger partial charge in [-0.15, -0.1) is 0 Å². The molecule has 2 atom stereocenters. The van der Waals surface area contributed by atoms with Gasteiger partial charge in [0.25, 0.3) is 0 Å².